The molecule has 120 valence electrons. The van der Waals surface area contributed by atoms with Crippen molar-refractivity contribution < 1.29 is 9.53 Å². The average molecular weight is 396 g/mol. The largest absolute Gasteiger partial charge is 0.496 e. The lowest BCUT2D eigenvalue weighted by atomic mass is 10.0. The van der Waals surface area contributed by atoms with Crippen LogP contribution in [0, 0.1) is 13.8 Å². The van der Waals surface area contributed by atoms with Gasteiger partial charge in [-0.25, -0.2) is 5.43 Å². The fourth-order valence-electron chi connectivity index (χ4n) is 2.07. The second-order valence-electron chi connectivity index (χ2n) is 4.93. The van der Waals surface area contributed by atoms with Gasteiger partial charge in [0.05, 0.1) is 23.9 Å². The van der Waals surface area contributed by atoms with Gasteiger partial charge in [-0.15, -0.1) is 0 Å². The standard InChI is InChI=1S/C17H16BrClN2O2/c1-10-11(2)16(23-3)7-4-12(10)9-20-21-17(22)14-8-13(18)5-6-15(14)19/h4-9H,1-3H3,(H,21,22). The Balaban J connectivity index is 2.14. The Labute approximate surface area is 148 Å². The van der Waals surface area contributed by atoms with Crippen LogP contribution in [0.3, 0.4) is 0 Å². The maximum absolute atomic E-state index is 12.1. The summed E-state index contributed by atoms with van der Waals surface area (Å²) in [7, 11) is 1.64. The highest BCUT2D eigenvalue weighted by atomic mass is 79.9. The van der Waals surface area contributed by atoms with E-state index in [-0.39, 0.29) is 5.91 Å². The number of hydrogen-bond donors (Lipinski definition) is 1. The third-order valence-corrected chi connectivity index (χ3v) is 4.36. The van der Waals surface area contributed by atoms with Crippen molar-refractivity contribution >= 4 is 39.7 Å². The molecule has 23 heavy (non-hydrogen) atoms. The van der Waals surface area contributed by atoms with Crippen LogP contribution >= 0.6 is 27.5 Å². The Hall–Kier alpha value is -1.85. The van der Waals surface area contributed by atoms with Gasteiger partial charge in [-0.2, -0.15) is 5.10 Å². The van der Waals surface area contributed by atoms with Gasteiger partial charge in [0.2, 0.25) is 0 Å². The molecule has 0 saturated carbocycles. The summed E-state index contributed by atoms with van der Waals surface area (Å²) in [6.45, 7) is 3.96. The average Bonchev–Trinajstić information content (AvgIpc) is 2.53. The summed E-state index contributed by atoms with van der Waals surface area (Å²) in [5.74, 6) is 0.458. The highest BCUT2D eigenvalue weighted by molar-refractivity contribution is 9.10. The number of hydrogen-bond acceptors (Lipinski definition) is 3. The van der Waals surface area contributed by atoms with Gasteiger partial charge >= 0.3 is 0 Å². The molecule has 0 saturated heterocycles. The normalized spacial score (nSPS) is 10.8. The molecule has 0 aliphatic rings. The zero-order valence-corrected chi connectivity index (χ0v) is 15.3. The number of rotatable bonds is 4. The fourth-order valence-corrected chi connectivity index (χ4v) is 2.63. The van der Waals surface area contributed by atoms with E-state index in [9.17, 15) is 4.79 Å². The van der Waals surface area contributed by atoms with Crippen LogP contribution in [0.4, 0.5) is 0 Å². The fraction of sp³-hybridized carbons (Fsp3) is 0.176. The Morgan fingerprint density at radius 1 is 1.26 bits per heavy atom. The van der Waals surface area contributed by atoms with Gasteiger partial charge in [-0.3, -0.25) is 4.79 Å². The number of hydrazone groups is 1. The van der Waals surface area contributed by atoms with Crippen LogP contribution in [0.2, 0.25) is 5.02 Å². The Morgan fingerprint density at radius 2 is 2.00 bits per heavy atom. The Bertz CT molecular complexity index is 775. The number of nitrogens with one attached hydrogen (secondary N) is 1. The number of carbonyl (C=O) groups excluding carboxylic acids is 1. The molecule has 0 spiro atoms. The minimum Gasteiger partial charge on any atom is -0.496 e. The van der Waals surface area contributed by atoms with E-state index in [1.54, 1.807) is 31.5 Å². The number of benzene rings is 2. The van der Waals surface area contributed by atoms with E-state index in [0.29, 0.717) is 10.6 Å². The van der Waals surface area contributed by atoms with E-state index in [2.05, 4.69) is 26.5 Å². The van der Waals surface area contributed by atoms with Gasteiger partial charge in [0.25, 0.3) is 5.91 Å². The van der Waals surface area contributed by atoms with Crippen LogP contribution in [0.5, 0.6) is 5.75 Å². The molecule has 2 aromatic carbocycles. The van der Waals surface area contributed by atoms with Crippen LogP contribution in [0.15, 0.2) is 39.9 Å². The molecule has 0 aromatic heterocycles. The van der Waals surface area contributed by atoms with Gasteiger partial charge in [-0.1, -0.05) is 27.5 Å². The van der Waals surface area contributed by atoms with E-state index in [1.165, 1.54) is 0 Å². The van der Waals surface area contributed by atoms with Gasteiger partial charge in [0.15, 0.2) is 0 Å². The van der Waals surface area contributed by atoms with Crippen LogP contribution in [0.25, 0.3) is 0 Å². The SMILES string of the molecule is COc1ccc(C=NNC(=O)c2cc(Br)ccc2Cl)c(C)c1C. The lowest BCUT2D eigenvalue weighted by molar-refractivity contribution is 0.0955. The molecule has 2 aromatic rings. The number of ether oxygens (including phenoxy) is 1. The quantitative estimate of drug-likeness (QED) is 0.612. The van der Waals surface area contributed by atoms with Crippen molar-refractivity contribution in [3.8, 4) is 5.75 Å². The lowest BCUT2D eigenvalue weighted by Gasteiger charge is -2.09. The van der Waals surface area contributed by atoms with E-state index >= 15 is 0 Å². The number of halogens is 2. The molecule has 6 heteroatoms. The van der Waals surface area contributed by atoms with Crippen molar-refractivity contribution in [2.45, 2.75) is 13.8 Å². The first-order valence-electron chi connectivity index (χ1n) is 6.86. The van der Waals surface area contributed by atoms with Crippen molar-refractivity contribution in [2.75, 3.05) is 7.11 Å². The maximum Gasteiger partial charge on any atom is 0.272 e. The summed E-state index contributed by atoms with van der Waals surface area (Å²) in [6, 6.07) is 8.84. The van der Waals surface area contributed by atoms with E-state index in [4.69, 9.17) is 16.3 Å². The molecule has 1 amide bonds. The monoisotopic (exact) mass is 394 g/mol. The molecule has 1 N–H and O–H groups in total. The van der Waals surface area contributed by atoms with E-state index < -0.39 is 0 Å². The van der Waals surface area contributed by atoms with Crippen LogP contribution in [0.1, 0.15) is 27.0 Å². The predicted molar refractivity (Wildman–Crippen MR) is 96.7 cm³/mol. The van der Waals surface area contributed by atoms with Crippen molar-refractivity contribution in [1.82, 2.24) is 5.43 Å². The topological polar surface area (TPSA) is 50.7 Å². The van der Waals surface area contributed by atoms with Crippen molar-refractivity contribution in [2.24, 2.45) is 5.10 Å². The smallest absolute Gasteiger partial charge is 0.272 e. The van der Waals surface area contributed by atoms with Crippen LogP contribution in [-0.4, -0.2) is 19.2 Å². The molecule has 0 unspecified atom stereocenters. The molecule has 0 radical (unpaired) electrons. The minimum atomic E-state index is -0.365. The predicted octanol–water partition coefficient (Wildman–Crippen LogP) is 4.49. The molecule has 0 fully saturated rings. The van der Waals surface area contributed by atoms with Gasteiger partial charge in [-0.05, 0) is 60.9 Å². The number of amides is 1. The molecular weight excluding hydrogens is 380 g/mol. The van der Waals surface area contributed by atoms with Crippen LogP contribution in [-0.2, 0) is 0 Å². The second kappa shape index (κ2) is 7.62. The molecule has 0 bridgehead atoms. The van der Waals surface area contributed by atoms with Gasteiger partial charge < -0.3 is 4.74 Å². The van der Waals surface area contributed by atoms with E-state index in [1.807, 2.05) is 26.0 Å². The summed E-state index contributed by atoms with van der Waals surface area (Å²) in [6.07, 6.45) is 1.60. The van der Waals surface area contributed by atoms with Crippen molar-refractivity contribution in [1.29, 1.82) is 0 Å². The molecule has 0 aliphatic heterocycles. The lowest BCUT2D eigenvalue weighted by Crippen LogP contribution is -2.18. The Kier molecular flexibility index (Phi) is 5.80. The summed E-state index contributed by atoms with van der Waals surface area (Å²) in [5, 5.41) is 4.38. The molecule has 4 nitrogen and oxygen atoms in total. The Morgan fingerprint density at radius 3 is 2.70 bits per heavy atom. The van der Waals surface area contributed by atoms with Crippen molar-refractivity contribution in [3.05, 3.63) is 62.1 Å². The van der Waals surface area contributed by atoms with Gasteiger partial charge in [0.1, 0.15) is 5.75 Å². The zero-order valence-electron chi connectivity index (χ0n) is 13.0. The van der Waals surface area contributed by atoms with Gasteiger partial charge in [0, 0.05) is 4.47 Å². The highest BCUT2D eigenvalue weighted by Crippen LogP contribution is 2.23. The number of methoxy groups -OCH3 is 1. The molecule has 0 heterocycles. The molecule has 0 atom stereocenters. The van der Waals surface area contributed by atoms with Crippen molar-refractivity contribution in [3.63, 3.8) is 0 Å². The molecular formula is C17H16BrClN2O2. The zero-order chi connectivity index (χ0) is 17.0. The minimum absolute atomic E-state index is 0.362. The third-order valence-electron chi connectivity index (χ3n) is 3.54. The first kappa shape index (κ1) is 17.5. The first-order chi connectivity index (χ1) is 10.9. The highest BCUT2D eigenvalue weighted by Gasteiger charge is 2.10. The first-order valence-corrected chi connectivity index (χ1v) is 8.03. The summed E-state index contributed by atoms with van der Waals surface area (Å²) >= 11 is 9.33. The summed E-state index contributed by atoms with van der Waals surface area (Å²) < 4.78 is 6.05. The second-order valence-corrected chi connectivity index (χ2v) is 6.25. The number of carbonyl (C=O) groups is 1. The summed E-state index contributed by atoms with van der Waals surface area (Å²) in [5.41, 5.74) is 5.84. The molecule has 2 rings (SSSR count). The van der Waals surface area contributed by atoms with E-state index in [0.717, 1.165) is 26.9 Å². The third kappa shape index (κ3) is 4.12. The molecule has 0 aliphatic carbocycles. The summed E-state index contributed by atoms with van der Waals surface area (Å²) in [4.78, 5) is 12.1. The maximum atomic E-state index is 12.1. The number of nitrogens with zero attached hydrogens (tertiary/aromatic N) is 1. The van der Waals surface area contributed by atoms with Crippen LogP contribution < -0.4 is 10.2 Å².